The van der Waals surface area contributed by atoms with Gasteiger partial charge in [-0.1, -0.05) is 12.1 Å². The number of thiazole rings is 1. The Kier molecular flexibility index (Phi) is 3.38. The van der Waals surface area contributed by atoms with E-state index in [9.17, 15) is 5.11 Å². The molecule has 1 aromatic heterocycles. The zero-order valence-corrected chi connectivity index (χ0v) is 10.7. The number of nitrogens with two attached hydrogens (primary N) is 1. The van der Waals surface area contributed by atoms with Crippen molar-refractivity contribution in [2.45, 2.75) is 18.4 Å². The molecular formula is C12H13ClN2OS. The molecule has 2 atom stereocenters. The highest BCUT2D eigenvalue weighted by Gasteiger charge is 2.37. The fourth-order valence-electron chi connectivity index (χ4n) is 1.75. The maximum absolute atomic E-state index is 9.41. The lowest BCUT2D eigenvalue weighted by Crippen LogP contribution is -2.00. The molecule has 1 fully saturated rings. The molecule has 0 amide bonds. The second-order valence-corrected chi connectivity index (χ2v) is 5.18. The van der Waals surface area contributed by atoms with Crippen molar-refractivity contribution in [3.8, 4) is 16.2 Å². The molecular weight excluding hydrogens is 256 g/mol. The zero-order valence-electron chi connectivity index (χ0n) is 9.04. The van der Waals surface area contributed by atoms with Crippen LogP contribution in [0, 0.1) is 0 Å². The van der Waals surface area contributed by atoms with Gasteiger partial charge >= 0.3 is 0 Å². The highest BCUT2D eigenvalue weighted by molar-refractivity contribution is 7.15. The van der Waals surface area contributed by atoms with Crippen LogP contribution in [0.15, 0.2) is 30.5 Å². The summed E-state index contributed by atoms with van der Waals surface area (Å²) in [7, 11) is 0. The third kappa shape index (κ3) is 2.44. The first kappa shape index (κ1) is 12.4. The van der Waals surface area contributed by atoms with E-state index in [0.717, 1.165) is 21.9 Å². The second-order valence-electron chi connectivity index (χ2n) is 4.12. The fraction of sp³-hybridized carbons (Fsp3) is 0.250. The van der Waals surface area contributed by atoms with Gasteiger partial charge < -0.3 is 10.8 Å². The van der Waals surface area contributed by atoms with E-state index >= 15 is 0 Å². The van der Waals surface area contributed by atoms with E-state index < -0.39 is 0 Å². The number of phenols is 1. The van der Waals surface area contributed by atoms with Gasteiger partial charge in [-0.05, 0) is 24.1 Å². The van der Waals surface area contributed by atoms with Crippen LogP contribution in [0.1, 0.15) is 17.3 Å². The van der Waals surface area contributed by atoms with Gasteiger partial charge in [0.15, 0.2) is 0 Å². The second kappa shape index (κ2) is 4.64. The van der Waals surface area contributed by atoms with Crippen LogP contribution in [0.5, 0.6) is 5.75 Å². The van der Waals surface area contributed by atoms with Crippen LogP contribution < -0.4 is 5.73 Å². The van der Waals surface area contributed by atoms with Crippen molar-refractivity contribution < 1.29 is 5.11 Å². The van der Waals surface area contributed by atoms with Gasteiger partial charge in [-0.25, -0.2) is 4.98 Å². The number of nitrogens with zero attached hydrogens (tertiary/aromatic N) is 1. The maximum Gasteiger partial charge on any atom is 0.116 e. The molecule has 0 saturated heterocycles. The first-order chi connectivity index (χ1) is 7.74. The maximum atomic E-state index is 9.41. The third-order valence-corrected chi connectivity index (χ3v) is 3.99. The fourth-order valence-corrected chi connectivity index (χ4v) is 2.85. The van der Waals surface area contributed by atoms with Crippen LogP contribution in [0.2, 0.25) is 0 Å². The van der Waals surface area contributed by atoms with Gasteiger partial charge in [0.1, 0.15) is 5.75 Å². The molecule has 3 nitrogen and oxygen atoms in total. The molecule has 1 aliphatic rings. The molecule has 5 heteroatoms. The Morgan fingerprint density at radius 1 is 1.41 bits per heavy atom. The minimum absolute atomic E-state index is 0. The number of aromatic hydroxyl groups is 1. The molecule has 1 aromatic carbocycles. The van der Waals surface area contributed by atoms with Crippen LogP contribution in [-0.4, -0.2) is 16.1 Å². The van der Waals surface area contributed by atoms with Gasteiger partial charge in [-0.2, -0.15) is 0 Å². The molecule has 0 radical (unpaired) electrons. The summed E-state index contributed by atoms with van der Waals surface area (Å²) >= 11 is 1.67. The van der Waals surface area contributed by atoms with Crippen molar-refractivity contribution in [1.29, 1.82) is 0 Å². The smallest absolute Gasteiger partial charge is 0.116 e. The minimum Gasteiger partial charge on any atom is -0.508 e. The van der Waals surface area contributed by atoms with Crippen LogP contribution in [-0.2, 0) is 0 Å². The highest BCUT2D eigenvalue weighted by atomic mass is 35.5. The van der Waals surface area contributed by atoms with Gasteiger partial charge in [0.2, 0.25) is 0 Å². The van der Waals surface area contributed by atoms with Crippen LogP contribution >= 0.6 is 23.7 Å². The summed E-state index contributed by atoms with van der Waals surface area (Å²) in [5.41, 5.74) is 6.81. The first-order valence-corrected chi connectivity index (χ1v) is 6.06. The van der Waals surface area contributed by atoms with E-state index in [1.54, 1.807) is 23.5 Å². The standard InChI is InChI=1S/C12H12N2OS.ClH/c13-10-5-9(10)12-14-6-11(16-12)7-2-1-3-8(15)4-7;/h1-4,6,9-10,15H,5,13H2;1H/t9-,10-;/m0./s1. The van der Waals surface area contributed by atoms with Gasteiger partial charge in [0, 0.05) is 18.2 Å². The molecule has 0 spiro atoms. The summed E-state index contributed by atoms with van der Waals surface area (Å²) in [6.07, 6.45) is 2.91. The quantitative estimate of drug-likeness (QED) is 0.880. The molecule has 2 aromatic rings. The van der Waals surface area contributed by atoms with Gasteiger partial charge in [0.25, 0.3) is 0 Å². The summed E-state index contributed by atoms with van der Waals surface area (Å²) in [6.45, 7) is 0. The number of halogens is 1. The number of phenolic OH excluding ortho intramolecular Hbond substituents is 1. The zero-order chi connectivity index (χ0) is 11.1. The molecule has 1 saturated carbocycles. The van der Waals surface area contributed by atoms with Crippen molar-refractivity contribution in [3.63, 3.8) is 0 Å². The average Bonchev–Trinajstić information content (AvgIpc) is 2.81. The predicted octanol–water partition coefficient (Wildman–Crippen LogP) is 2.75. The van der Waals surface area contributed by atoms with Crippen LogP contribution in [0.4, 0.5) is 0 Å². The van der Waals surface area contributed by atoms with E-state index in [1.165, 1.54) is 0 Å². The Hall–Kier alpha value is -1.10. The van der Waals surface area contributed by atoms with Crippen LogP contribution in [0.25, 0.3) is 10.4 Å². The number of hydrogen-bond donors (Lipinski definition) is 2. The lowest BCUT2D eigenvalue weighted by molar-refractivity contribution is 0.475. The molecule has 1 heterocycles. The number of rotatable bonds is 2. The normalized spacial score (nSPS) is 21.9. The Balaban J connectivity index is 0.00000108. The van der Waals surface area contributed by atoms with Crippen LogP contribution in [0.3, 0.4) is 0 Å². The third-order valence-electron chi connectivity index (χ3n) is 2.81. The lowest BCUT2D eigenvalue weighted by Gasteiger charge is -1.96. The SMILES string of the molecule is Cl.N[C@H]1C[C@@H]1c1ncc(-c2cccc(O)c2)s1. The Bertz CT molecular complexity index is 529. The summed E-state index contributed by atoms with van der Waals surface area (Å²) in [5.74, 6) is 0.742. The summed E-state index contributed by atoms with van der Waals surface area (Å²) in [4.78, 5) is 5.48. The van der Waals surface area contributed by atoms with Crippen molar-refractivity contribution >= 4 is 23.7 Å². The highest BCUT2D eigenvalue weighted by Crippen LogP contribution is 2.42. The molecule has 17 heavy (non-hydrogen) atoms. The average molecular weight is 269 g/mol. The first-order valence-electron chi connectivity index (χ1n) is 5.25. The van der Waals surface area contributed by atoms with Gasteiger partial charge in [0.05, 0.1) is 9.88 Å². The molecule has 0 aliphatic heterocycles. The summed E-state index contributed by atoms with van der Waals surface area (Å²) in [6, 6.07) is 7.53. The Labute approximate surface area is 110 Å². The molecule has 0 bridgehead atoms. The molecule has 90 valence electrons. The number of aromatic nitrogens is 1. The van der Waals surface area contributed by atoms with E-state index in [4.69, 9.17) is 5.73 Å². The van der Waals surface area contributed by atoms with Crippen molar-refractivity contribution in [2.24, 2.45) is 5.73 Å². The van der Waals surface area contributed by atoms with Gasteiger partial charge in [-0.3, -0.25) is 0 Å². The van der Waals surface area contributed by atoms with E-state index in [1.807, 2.05) is 18.3 Å². The van der Waals surface area contributed by atoms with Crippen molar-refractivity contribution in [1.82, 2.24) is 4.98 Å². The van der Waals surface area contributed by atoms with E-state index in [-0.39, 0.29) is 18.2 Å². The van der Waals surface area contributed by atoms with Crippen molar-refractivity contribution in [2.75, 3.05) is 0 Å². The van der Waals surface area contributed by atoms with E-state index in [0.29, 0.717) is 12.0 Å². The topological polar surface area (TPSA) is 59.1 Å². The Morgan fingerprint density at radius 2 is 2.18 bits per heavy atom. The molecule has 0 unspecified atom stereocenters. The monoisotopic (exact) mass is 268 g/mol. The number of hydrogen-bond acceptors (Lipinski definition) is 4. The summed E-state index contributed by atoms with van der Waals surface area (Å²) in [5, 5.41) is 10.5. The predicted molar refractivity (Wildman–Crippen MR) is 71.8 cm³/mol. The van der Waals surface area contributed by atoms with E-state index in [2.05, 4.69) is 4.98 Å². The molecule has 3 rings (SSSR count). The molecule has 1 aliphatic carbocycles. The van der Waals surface area contributed by atoms with Gasteiger partial charge in [-0.15, -0.1) is 23.7 Å². The summed E-state index contributed by atoms with van der Waals surface area (Å²) < 4.78 is 0. The largest absolute Gasteiger partial charge is 0.508 e. The molecule has 3 N–H and O–H groups in total. The Morgan fingerprint density at radius 3 is 2.82 bits per heavy atom. The number of benzene rings is 1. The minimum atomic E-state index is 0. The van der Waals surface area contributed by atoms with Crippen molar-refractivity contribution in [3.05, 3.63) is 35.5 Å². The lowest BCUT2D eigenvalue weighted by atomic mass is 10.2.